The van der Waals surface area contributed by atoms with Crippen LogP contribution >= 0.6 is 0 Å². The fourth-order valence-corrected chi connectivity index (χ4v) is 2.62. The molecule has 8 heteroatoms. The summed E-state index contributed by atoms with van der Waals surface area (Å²) >= 11 is 0. The molecule has 0 aliphatic rings. The lowest BCUT2D eigenvalue weighted by atomic mass is 10.3. The number of halogens is 2. The number of nitrogens with two attached hydrogens (primary N) is 1. The zero-order valence-electron chi connectivity index (χ0n) is 10.7. The van der Waals surface area contributed by atoms with E-state index in [1.165, 1.54) is 48.5 Å². The van der Waals surface area contributed by atoms with E-state index in [0.717, 1.165) is 0 Å². The van der Waals surface area contributed by atoms with Crippen molar-refractivity contribution in [2.45, 2.75) is 11.5 Å². The van der Waals surface area contributed by atoms with Gasteiger partial charge in [0, 0.05) is 11.4 Å². The average Bonchev–Trinajstić information content (AvgIpc) is 2.40. The molecule has 2 aromatic rings. The first-order chi connectivity index (χ1) is 9.87. The van der Waals surface area contributed by atoms with Crippen molar-refractivity contribution in [2.75, 3.05) is 10.5 Å². The number of ether oxygens (including phenoxy) is 1. The molecule has 0 fully saturated rings. The van der Waals surface area contributed by atoms with Crippen molar-refractivity contribution in [1.29, 1.82) is 0 Å². The van der Waals surface area contributed by atoms with Crippen LogP contribution in [0, 0.1) is 0 Å². The standard InChI is InChI=1S/C13H12F2N2O3S/c14-13(15)20-11-5-3-10(4-6-11)17-21(18,19)12-7-1-9(16)2-8-12/h1-8,13,17H,16H2. The third kappa shape index (κ3) is 4.06. The maximum atomic E-state index is 12.1. The fraction of sp³-hybridized carbons (Fsp3) is 0.0769. The van der Waals surface area contributed by atoms with Gasteiger partial charge in [0.25, 0.3) is 10.0 Å². The van der Waals surface area contributed by atoms with E-state index < -0.39 is 16.6 Å². The summed E-state index contributed by atoms with van der Waals surface area (Å²) in [5, 5.41) is 0. The smallest absolute Gasteiger partial charge is 0.387 e. The van der Waals surface area contributed by atoms with Gasteiger partial charge in [-0.3, -0.25) is 4.72 Å². The van der Waals surface area contributed by atoms with Gasteiger partial charge in [0.05, 0.1) is 4.90 Å². The summed E-state index contributed by atoms with van der Waals surface area (Å²) in [5.41, 5.74) is 6.17. The van der Waals surface area contributed by atoms with Crippen molar-refractivity contribution in [3.63, 3.8) is 0 Å². The van der Waals surface area contributed by atoms with E-state index in [1.54, 1.807) is 0 Å². The summed E-state index contributed by atoms with van der Waals surface area (Å²) < 4.78 is 54.6. The van der Waals surface area contributed by atoms with Gasteiger partial charge in [-0.15, -0.1) is 0 Å². The Morgan fingerprint density at radius 1 is 1.00 bits per heavy atom. The highest BCUT2D eigenvalue weighted by Crippen LogP contribution is 2.21. The van der Waals surface area contributed by atoms with Gasteiger partial charge in [-0.05, 0) is 48.5 Å². The minimum Gasteiger partial charge on any atom is -0.435 e. The topological polar surface area (TPSA) is 81.4 Å². The molecule has 0 amide bonds. The van der Waals surface area contributed by atoms with Crippen LogP contribution in [0.25, 0.3) is 0 Å². The van der Waals surface area contributed by atoms with Gasteiger partial charge in [-0.2, -0.15) is 8.78 Å². The Bertz CT molecular complexity index is 701. The molecule has 0 saturated heterocycles. The Hall–Kier alpha value is -2.35. The zero-order chi connectivity index (χ0) is 15.5. The van der Waals surface area contributed by atoms with Crippen molar-refractivity contribution < 1.29 is 21.9 Å². The van der Waals surface area contributed by atoms with Crippen LogP contribution in [0.5, 0.6) is 5.75 Å². The molecule has 5 nitrogen and oxygen atoms in total. The quantitative estimate of drug-likeness (QED) is 0.831. The van der Waals surface area contributed by atoms with Crippen LogP contribution in [-0.2, 0) is 10.0 Å². The van der Waals surface area contributed by atoms with E-state index in [-0.39, 0.29) is 16.3 Å². The van der Waals surface area contributed by atoms with E-state index in [2.05, 4.69) is 9.46 Å². The Morgan fingerprint density at radius 3 is 2.10 bits per heavy atom. The van der Waals surface area contributed by atoms with Crippen LogP contribution in [0.1, 0.15) is 0 Å². The van der Waals surface area contributed by atoms with Gasteiger partial charge in [0.2, 0.25) is 0 Å². The lowest BCUT2D eigenvalue weighted by Crippen LogP contribution is -2.13. The van der Waals surface area contributed by atoms with Crippen molar-refractivity contribution in [3.8, 4) is 5.75 Å². The number of nitrogen functional groups attached to an aromatic ring is 1. The molecule has 0 radical (unpaired) electrons. The SMILES string of the molecule is Nc1ccc(S(=O)(=O)Nc2ccc(OC(F)F)cc2)cc1. The number of alkyl halides is 2. The fourth-order valence-electron chi connectivity index (χ4n) is 1.57. The minimum atomic E-state index is -3.76. The summed E-state index contributed by atoms with van der Waals surface area (Å²) in [5.74, 6) is -0.0552. The van der Waals surface area contributed by atoms with Crippen LogP contribution in [0.15, 0.2) is 53.4 Å². The molecule has 0 spiro atoms. The third-order valence-corrected chi connectivity index (χ3v) is 3.92. The molecular formula is C13H12F2N2O3S. The van der Waals surface area contributed by atoms with Gasteiger partial charge in [-0.25, -0.2) is 8.42 Å². The zero-order valence-corrected chi connectivity index (χ0v) is 11.5. The molecule has 0 aliphatic carbocycles. The molecule has 0 aromatic heterocycles. The summed E-state index contributed by atoms with van der Waals surface area (Å²) in [6.45, 7) is -2.93. The van der Waals surface area contributed by atoms with Crippen molar-refractivity contribution >= 4 is 21.4 Å². The normalized spacial score (nSPS) is 11.4. The second kappa shape index (κ2) is 5.96. The third-order valence-electron chi connectivity index (χ3n) is 2.52. The lowest BCUT2D eigenvalue weighted by molar-refractivity contribution is -0.0498. The first kappa shape index (κ1) is 15.0. The second-order valence-corrected chi connectivity index (χ2v) is 5.76. The van der Waals surface area contributed by atoms with Gasteiger partial charge < -0.3 is 10.5 Å². The molecule has 0 atom stereocenters. The molecule has 0 saturated carbocycles. The Labute approximate surface area is 120 Å². The maximum absolute atomic E-state index is 12.1. The van der Waals surface area contributed by atoms with Crippen LogP contribution in [0.3, 0.4) is 0 Å². The van der Waals surface area contributed by atoms with Gasteiger partial charge in [0.15, 0.2) is 0 Å². The molecule has 112 valence electrons. The summed E-state index contributed by atoms with van der Waals surface area (Å²) in [6.07, 6.45) is 0. The highest BCUT2D eigenvalue weighted by atomic mass is 32.2. The first-order valence-corrected chi connectivity index (χ1v) is 7.28. The molecular weight excluding hydrogens is 302 g/mol. The Kier molecular flexibility index (Phi) is 4.27. The molecule has 21 heavy (non-hydrogen) atoms. The minimum absolute atomic E-state index is 0.0459. The van der Waals surface area contributed by atoms with E-state index in [9.17, 15) is 17.2 Å². The van der Waals surface area contributed by atoms with Crippen molar-refractivity contribution in [1.82, 2.24) is 0 Å². The van der Waals surface area contributed by atoms with Crippen LogP contribution < -0.4 is 15.2 Å². The predicted octanol–water partition coefficient (Wildman–Crippen LogP) is 2.67. The predicted molar refractivity (Wildman–Crippen MR) is 74.7 cm³/mol. The highest BCUT2D eigenvalue weighted by molar-refractivity contribution is 7.92. The number of benzene rings is 2. The molecule has 2 aromatic carbocycles. The lowest BCUT2D eigenvalue weighted by Gasteiger charge is -2.09. The number of hydrogen-bond acceptors (Lipinski definition) is 4. The molecule has 2 rings (SSSR count). The second-order valence-electron chi connectivity index (χ2n) is 4.08. The number of nitrogens with one attached hydrogen (secondary N) is 1. The van der Waals surface area contributed by atoms with Crippen molar-refractivity contribution in [3.05, 3.63) is 48.5 Å². The summed E-state index contributed by atoms with van der Waals surface area (Å²) in [6, 6.07) is 10.8. The van der Waals surface area contributed by atoms with E-state index in [4.69, 9.17) is 5.73 Å². The monoisotopic (exact) mass is 314 g/mol. The maximum Gasteiger partial charge on any atom is 0.387 e. The largest absolute Gasteiger partial charge is 0.435 e. The van der Waals surface area contributed by atoms with Crippen molar-refractivity contribution in [2.24, 2.45) is 0 Å². The molecule has 0 unspecified atom stereocenters. The molecule has 3 N–H and O–H groups in total. The Morgan fingerprint density at radius 2 is 1.57 bits per heavy atom. The Balaban J connectivity index is 2.15. The number of hydrogen-bond donors (Lipinski definition) is 2. The number of anilines is 2. The summed E-state index contributed by atoms with van der Waals surface area (Å²) in [4.78, 5) is 0.0459. The molecule has 0 bridgehead atoms. The number of rotatable bonds is 5. The molecule has 0 aliphatic heterocycles. The van der Waals surface area contributed by atoms with E-state index in [1.807, 2.05) is 0 Å². The van der Waals surface area contributed by atoms with E-state index in [0.29, 0.717) is 5.69 Å². The van der Waals surface area contributed by atoms with Crippen LogP contribution in [0.4, 0.5) is 20.2 Å². The highest BCUT2D eigenvalue weighted by Gasteiger charge is 2.14. The van der Waals surface area contributed by atoms with Gasteiger partial charge in [-0.1, -0.05) is 0 Å². The van der Waals surface area contributed by atoms with Crippen LogP contribution in [-0.4, -0.2) is 15.0 Å². The van der Waals surface area contributed by atoms with Gasteiger partial charge in [0.1, 0.15) is 5.75 Å². The summed E-state index contributed by atoms with van der Waals surface area (Å²) in [7, 11) is -3.76. The number of sulfonamides is 1. The van der Waals surface area contributed by atoms with Crippen LogP contribution in [0.2, 0.25) is 0 Å². The van der Waals surface area contributed by atoms with E-state index >= 15 is 0 Å². The average molecular weight is 314 g/mol. The molecule has 0 heterocycles. The first-order valence-electron chi connectivity index (χ1n) is 5.80. The van der Waals surface area contributed by atoms with Gasteiger partial charge >= 0.3 is 6.61 Å².